The highest BCUT2D eigenvalue weighted by atomic mass is 32.2. The fourth-order valence-corrected chi connectivity index (χ4v) is 2.99. The summed E-state index contributed by atoms with van der Waals surface area (Å²) in [7, 11) is -3.54. The number of aromatic carboxylic acids is 1. The van der Waals surface area contributed by atoms with E-state index in [1.165, 1.54) is 29.1 Å². The lowest BCUT2D eigenvalue weighted by Gasteiger charge is -2.10. The largest absolute Gasteiger partial charge is 0.476 e. The van der Waals surface area contributed by atoms with Crippen molar-refractivity contribution >= 4 is 16.0 Å². The smallest absolute Gasteiger partial charge is 0.356 e. The zero-order valence-corrected chi connectivity index (χ0v) is 12.3. The van der Waals surface area contributed by atoms with Gasteiger partial charge in [-0.2, -0.15) is 5.10 Å². The molecule has 1 heterocycles. The predicted octanol–water partition coefficient (Wildman–Crippen LogP) is 1.26. The van der Waals surface area contributed by atoms with E-state index in [9.17, 15) is 13.2 Å². The van der Waals surface area contributed by atoms with Crippen LogP contribution in [-0.2, 0) is 10.0 Å². The first-order chi connectivity index (χ1) is 9.79. The van der Waals surface area contributed by atoms with Gasteiger partial charge in [-0.15, -0.1) is 0 Å². The van der Waals surface area contributed by atoms with Crippen LogP contribution >= 0.6 is 0 Å². The van der Waals surface area contributed by atoms with Gasteiger partial charge in [0.25, 0.3) is 0 Å². The molecule has 0 aliphatic carbocycles. The van der Waals surface area contributed by atoms with E-state index in [2.05, 4.69) is 9.82 Å². The van der Waals surface area contributed by atoms with Crippen molar-refractivity contribution < 1.29 is 18.3 Å². The SMILES string of the molecule is CC(C)NS(=O)(=O)c1ccc(-n2ccc(C(=O)O)n2)cc1. The van der Waals surface area contributed by atoms with Crippen LogP contribution in [0.4, 0.5) is 0 Å². The molecule has 0 saturated heterocycles. The number of sulfonamides is 1. The minimum absolute atomic E-state index is 0.0758. The number of hydrogen-bond donors (Lipinski definition) is 2. The van der Waals surface area contributed by atoms with E-state index in [0.29, 0.717) is 5.69 Å². The second-order valence-electron chi connectivity index (χ2n) is 4.72. The molecule has 0 amide bonds. The molecule has 1 aromatic carbocycles. The van der Waals surface area contributed by atoms with Crippen LogP contribution in [0.25, 0.3) is 5.69 Å². The van der Waals surface area contributed by atoms with Crippen molar-refractivity contribution in [2.75, 3.05) is 0 Å². The van der Waals surface area contributed by atoms with E-state index < -0.39 is 16.0 Å². The molecular formula is C13H15N3O4S. The molecule has 0 fully saturated rings. The van der Waals surface area contributed by atoms with E-state index in [4.69, 9.17) is 5.11 Å². The molecule has 0 aliphatic rings. The van der Waals surface area contributed by atoms with E-state index in [1.54, 1.807) is 26.0 Å². The summed E-state index contributed by atoms with van der Waals surface area (Å²) in [6, 6.07) is 7.19. The van der Waals surface area contributed by atoms with Gasteiger partial charge in [0.05, 0.1) is 10.6 Å². The minimum Gasteiger partial charge on any atom is -0.476 e. The van der Waals surface area contributed by atoms with Gasteiger partial charge in [0.1, 0.15) is 0 Å². The maximum absolute atomic E-state index is 12.0. The maximum atomic E-state index is 12.0. The number of benzene rings is 1. The summed E-state index contributed by atoms with van der Waals surface area (Å²) in [4.78, 5) is 10.9. The molecule has 1 aromatic heterocycles. The van der Waals surface area contributed by atoms with Crippen LogP contribution in [0.1, 0.15) is 24.3 Å². The second kappa shape index (κ2) is 5.66. The molecule has 8 heteroatoms. The lowest BCUT2D eigenvalue weighted by atomic mass is 10.3. The number of rotatable bonds is 5. The van der Waals surface area contributed by atoms with Crippen molar-refractivity contribution in [1.29, 1.82) is 0 Å². The first kappa shape index (κ1) is 15.2. The Kier molecular flexibility index (Phi) is 4.10. The van der Waals surface area contributed by atoms with Crippen LogP contribution in [-0.4, -0.2) is 35.3 Å². The van der Waals surface area contributed by atoms with Gasteiger partial charge in [-0.3, -0.25) is 0 Å². The zero-order valence-electron chi connectivity index (χ0n) is 11.5. The summed E-state index contributed by atoms with van der Waals surface area (Å²) in [6.07, 6.45) is 1.50. The third kappa shape index (κ3) is 3.47. The van der Waals surface area contributed by atoms with Crippen LogP contribution in [0, 0.1) is 0 Å². The highest BCUT2D eigenvalue weighted by molar-refractivity contribution is 7.89. The molecule has 21 heavy (non-hydrogen) atoms. The molecule has 0 saturated carbocycles. The normalized spacial score (nSPS) is 11.8. The molecule has 112 valence electrons. The van der Waals surface area contributed by atoms with Crippen LogP contribution in [0.2, 0.25) is 0 Å². The van der Waals surface area contributed by atoms with Crippen LogP contribution < -0.4 is 4.72 Å². The Labute approximate surface area is 122 Å². The van der Waals surface area contributed by atoms with E-state index >= 15 is 0 Å². The van der Waals surface area contributed by atoms with E-state index in [1.807, 2.05) is 0 Å². The number of hydrogen-bond acceptors (Lipinski definition) is 4. The van der Waals surface area contributed by atoms with Crippen molar-refractivity contribution in [1.82, 2.24) is 14.5 Å². The van der Waals surface area contributed by atoms with Crippen LogP contribution in [0.5, 0.6) is 0 Å². The maximum Gasteiger partial charge on any atom is 0.356 e. The monoisotopic (exact) mass is 309 g/mol. The second-order valence-corrected chi connectivity index (χ2v) is 6.43. The molecule has 0 atom stereocenters. The minimum atomic E-state index is -3.54. The van der Waals surface area contributed by atoms with Crippen molar-refractivity contribution in [2.45, 2.75) is 24.8 Å². The van der Waals surface area contributed by atoms with Gasteiger partial charge < -0.3 is 5.11 Å². The van der Waals surface area contributed by atoms with Gasteiger partial charge in [-0.25, -0.2) is 22.6 Å². The van der Waals surface area contributed by atoms with Crippen LogP contribution in [0.15, 0.2) is 41.4 Å². The average Bonchev–Trinajstić information content (AvgIpc) is 2.87. The molecular weight excluding hydrogens is 294 g/mol. The third-order valence-corrected chi connectivity index (χ3v) is 4.29. The van der Waals surface area contributed by atoms with E-state index in [0.717, 1.165) is 0 Å². The molecule has 2 aromatic rings. The Morgan fingerprint density at radius 1 is 1.24 bits per heavy atom. The van der Waals surface area contributed by atoms with Gasteiger partial charge in [-0.05, 0) is 44.2 Å². The summed E-state index contributed by atoms with van der Waals surface area (Å²) < 4.78 is 27.8. The highest BCUT2D eigenvalue weighted by Gasteiger charge is 2.15. The Morgan fingerprint density at radius 2 is 1.86 bits per heavy atom. The standard InChI is InChI=1S/C13H15N3O4S/c1-9(2)15-21(19,20)11-5-3-10(4-6-11)16-8-7-12(14-16)13(17)18/h3-9,15H,1-2H3,(H,17,18). The third-order valence-electron chi connectivity index (χ3n) is 2.61. The lowest BCUT2D eigenvalue weighted by Crippen LogP contribution is -2.30. The lowest BCUT2D eigenvalue weighted by molar-refractivity contribution is 0.0690. The van der Waals surface area contributed by atoms with Crippen LogP contribution in [0.3, 0.4) is 0 Å². The summed E-state index contributed by atoms with van der Waals surface area (Å²) in [6.45, 7) is 3.48. The van der Waals surface area contributed by atoms with E-state index in [-0.39, 0.29) is 16.6 Å². The molecule has 0 bridgehead atoms. The molecule has 2 N–H and O–H groups in total. The fraction of sp³-hybridized carbons (Fsp3) is 0.231. The summed E-state index contributed by atoms with van der Waals surface area (Å²) in [5.74, 6) is -1.12. The summed E-state index contributed by atoms with van der Waals surface area (Å²) >= 11 is 0. The van der Waals surface area contributed by atoms with Crippen molar-refractivity contribution in [3.8, 4) is 5.69 Å². The molecule has 0 spiro atoms. The topological polar surface area (TPSA) is 101 Å². The summed E-state index contributed by atoms with van der Waals surface area (Å²) in [5, 5.41) is 12.7. The first-order valence-electron chi connectivity index (χ1n) is 6.21. The van der Waals surface area contributed by atoms with Gasteiger partial charge >= 0.3 is 5.97 Å². The predicted molar refractivity (Wildman–Crippen MR) is 76.0 cm³/mol. The molecule has 0 aliphatic heterocycles. The Bertz CT molecular complexity index is 748. The fourth-order valence-electron chi connectivity index (χ4n) is 1.74. The molecule has 2 rings (SSSR count). The van der Waals surface area contributed by atoms with Gasteiger partial charge in [0.2, 0.25) is 10.0 Å². The Hall–Kier alpha value is -2.19. The van der Waals surface area contributed by atoms with Crippen molar-refractivity contribution in [2.24, 2.45) is 0 Å². The number of carboxylic acid groups (broad SMARTS) is 1. The van der Waals surface area contributed by atoms with Crippen molar-refractivity contribution in [3.05, 3.63) is 42.2 Å². The van der Waals surface area contributed by atoms with Gasteiger partial charge in [-0.1, -0.05) is 0 Å². The quantitative estimate of drug-likeness (QED) is 0.865. The number of carboxylic acids is 1. The first-order valence-corrected chi connectivity index (χ1v) is 7.69. The molecule has 0 radical (unpaired) electrons. The van der Waals surface area contributed by atoms with Gasteiger partial charge in [0, 0.05) is 12.2 Å². The Morgan fingerprint density at radius 3 is 2.33 bits per heavy atom. The number of nitrogens with one attached hydrogen (secondary N) is 1. The number of aromatic nitrogens is 2. The van der Waals surface area contributed by atoms with Gasteiger partial charge in [0.15, 0.2) is 5.69 Å². The molecule has 7 nitrogen and oxygen atoms in total. The molecule has 0 unspecified atom stereocenters. The number of carbonyl (C=O) groups is 1. The number of nitrogens with zero attached hydrogens (tertiary/aromatic N) is 2. The highest BCUT2D eigenvalue weighted by Crippen LogP contribution is 2.14. The average molecular weight is 309 g/mol. The van der Waals surface area contributed by atoms with Crippen molar-refractivity contribution in [3.63, 3.8) is 0 Å². The zero-order chi connectivity index (χ0) is 15.6. The Balaban J connectivity index is 2.28. The summed E-state index contributed by atoms with van der Waals surface area (Å²) in [5.41, 5.74) is 0.499.